The molecule has 0 N–H and O–H groups in total. The molecule has 0 bridgehead atoms. The van der Waals surface area contributed by atoms with Gasteiger partial charge in [0.05, 0.1) is 23.2 Å². The van der Waals surface area contributed by atoms with Gasteiger partial charge in [0.25, 0.3) is 0 Å². The molecule has 0 spiro atoms. The van der Waals surface area contributed by atoms with Gasteiger partial charge in [0, 0.05) is 23.5 Å². The lowest BCUT2D eigenvalue weighted by Crippen LogP contribution is -2.31. The van der Waals surface area contributed by atoms with Crippen LogP contribution in [-0.2, 0) is 23.7 Å². The van der Waals surface area contributed by atoms with E-state index in [1.54, 1.807) is 29.6 Å². The van der Waals surface area contributed by atoms with Crippen molar-refractivity contribution in [3.63, 3.8) is 0 Å². The van der Waals surface area contributed by atoms with Gasteiger partial charge in [-0.25, -0.2) is 4.39 Å². The van der Waals surface area contributed by atoms with Crippen LogP contribution in [0.5, 0.6) is 0 Å². The van der Waals surface area contributed by atoms with Crippen LogP contribution in [0.15, 0.2) is 77.5 Å². The fourth-order valence-corrected chi connectivity index (χ4v) is 5.09. The summed E-state index contributed by atoms with van der Waals surface area (Å²) in [6, 6.07) is 10.3. The molecule has 0 saturated heterocycles. The molecule has 3 heterocycles. The zero-order valence-corrected chi connectivity index (χ0v) is 21.0. The predicted molar refractivity (Wildman–Crippen MR) is 131 cm³/mol. The Bertz CT molecular complexity index is 1520. The molecule has 0 fully saturated rings. The highest BCUT2D eigenvalue weighted by atomic mass is 35.5. The van der Waals surface area contributed by atoms with Gasteiger partial charge < -0.3 is 9.74 Å². The molecule has 5 rings (SSSR count). The first-order chi connectivity index (χ1) is 18.4. The highest BCUT2D eigenvalue weighted by molar-refractivity contribution is 7.14. The Kier molecular flexibility index (Phi) is 7.02. The largest absolute Gasteiger partial charge is 0.416 e. The third kappa shape index (κ3) is 5.44. The van der Waals surface area contributed by atoms with Crippen molar-refractivity contribution >= 4 is 28.8 Å². The number of pyridine rings is 1. The second-order valence-corrected chi connectivity index (χ2v) is 9.98. The van der Waals surface area contributed by atoms with Gasteiger partial charge in [-0.1, -0.05) is 35.0 Å². The number of halogens is 8. The van der Waals surface area contributed by atoms with E-state index < -0.39 is 41.1 Å². The maximum atomic E-state index is 14.7. The van der Waals surface area contributed by atoms with Crippen LogP contribution in [0.4, 0.5) is 30.7 Å². The van der Waals surface area contributed by atoms with Crippen molar-refractivity contribution in [1.29, 1.82) is 0 Å². The number of hydrogen-bond donors (Lipinski definition) is 0. The number of rotatable bonds is 5. The Hall–Kier alpha value is -3.64. The van der Waals surface area contributed by atoms with Gasteiger partial charge in [0.1, 0.15) is 10.2 Å². The third-order valence-corrected chi connectivity index (χ3v) is 7.13. The minimum Gasteiger partial charge on any atom is -0.363 e. The molecule has 4 nitrogen and oxygen atoms in total. The lowest BCUT2D eigenvalue weighted by molar-refractivity contribution is -0.143. The predicted octanol–water partition coefficient (Wildman–Crippen LogP) is 8.53. The number of aromatic nitrogens is 1. The van der Waals surface area contributed by atoms with E-state index in [0.29, 0.717) is 28.8 Å². The van der Waals surface area contributed by atoms with Gasteiger partial charge in [0.2, 0.25) is 6.23 Å². The molecule has 1 aliphatic rings. The fourth-order valence-electron chi connectivity index (χ4n) is 4.18. The molecule has 13 heteroatoms. The maximum Gasteiger partial charge on any atom is 0.416 e. The Morgan fingerprint density at radius 2 is 1.59 bits per heavy atom. The molecule has 1 aliphatic heterocycles. The quantitative estimate of drug-likeness (QED) is 0.220. The third-order valence-electron chi connectivity index (χ3n) is 5.96. The summed E-state index contributed by atoms with van der Waals surface area (Å²) >= 11 is 7.45. The van der Waals surface area contributed by atoms with Gasteiger partial charge in [-0.3, -0.25) is 4.98 Å². The minimum atomic E-state index is -5.05. The van der Waals surface area contributed by atoms with Crippen LogP contribution in [0.2, 0.25) is 4.34 Å². The van der Waals surface area contributed by atoms with Crippen molar-refractivity contribution in [1.82, 2.24) is 9.88 Å². The highest BCUT2D eigenvalue weighted by Crippen LogP contribution is 2.42. The van der Waals surface area contributed by atoms with Crippen LogP contribution in [0.3, 0.4) is 0 Å². The molecule has 1 unspecified atom stereocenters. The Morgan fingerprint density at radius 3 is 2.21 bits per heavy atom. The van der Waals surface area contributed by atoms with E-state index in [1.165, 1.54) is 29.4 Å². The topological polar surface area (TPSA) is 37.7 Å². The first kappa shape index (κ1) is 26.9. The molecule has 2 aromatic carbocycles. The fraction of sp³-hybridized carbons (Fsp3) is 0.154. The van der Waals surface area contributed by atoms with Crippen LogP contribution in [0.25, 0.3) is 11.1 Å². The number of benzene rings is 2. The normalized spacial score (nSPS) is 15.8. The van der Waals surface area contributed by atoms with Crippen molar-refractivity contribution < 1.29 is 35.6 Å². The second-order valence-electron chi connectivity index (χ2n) is 8.46. The van der Waals surface area contributed by atoms with E-state index in [-0.39, 0.29) is 28.3 Å². The summed E-state index contributed by atoms with van der Waals surface area (Å²) in [6.45, 7) is -0.162. The number of oxime groups is 1. The summed E-state index contributed by atoms with van der Waals surface area (Å²) in [5.41, 5.74) is -1.98. The summed E-state index contributed by atoms with van der Waals surface area (Å²) in [6.07, 6.45) is -8.73. The zero-order valence-electron chi connectivity index (χ0n) is 19.4. The Labute approximate surface area is 225 Å². The van der Waals surface area contributed by atoms with E-state index in [4.69, 9.17) is 16.4 Å². The van der Waals surface area contributed by atoms with Gasteiger partial charge in [0.15, 0.2) is 5.84 Å². The van der Waals surface area contributed by atoms with E-state index in [9.17, 15) is 30.7 Å². The van der Waals surface area contributed by atoms with Crippen molar-refractivity contribution in [2.45, 2.75) is 25.1 Å². The number of nitrogens with zero attached hydrogens (tertiary/aromatic N) is 3. The molecule has 1 atom stereocenters. The molecule has 0 aliphatic carbocycles. The van der Waals surface area contributed by atoms with Gasteiger partial charge in [-0.15, -0.1) is 11.3 Å². The minimum absolute atomic E-state index is 0.0394. The van der Waals surface area contributed by atoms with Crippen LogP contribution in [0.1, 0.15) is 34.0 Å². The summed E-state index contributed by atoms with van der Waals surface area (Å²) in [5.74, 6) is -0.442. The summed E-state index contributed by atoms with van der Waals surface area (Å²) in [5, 5.41) is 5.63. The Balaban J connectivity index is 1.63. The maximum absolute atomic E-state index is 14.7. The number of alkyl halides is 6. The van der Waals surface area contributed by atoms with Crippen LogP contribution >= 0.6 is 22.9 Å². The summed E-state index contributed by atoms with van der Waals surface area (Å²) in [7, 11) is 0. The number of hydrogen-bond acceptors (Lipinski definition) is 5. The van der Waals surface area contributed by atoms with Gasteiger partial charge in [-0.2, -0.15) is 26.3 Å². The average molecular weight is 586 g/mol. The monoisotopic (exact) mass is 585 g/mol. The molecule has 202 valence electrons. The van der Waals surface area contributed by atoms with Gasteiger partial charge in [-0.05, 0) is 52.9 Å². The Morgan fingerprint density at radius 1 is 0.897 bits per heavy atom. The molecular formula is C26H15ClF7N3OS. The van der Waals surface area contributed by atoms with E-state index in [2.05, 4.69) is 10.1 Å². The van der Waals surface area contributed by atoms with Crippen LogP contribution in [0, 0.1) is 5.82 Å². The molecule has 39 heavy (non-hydrogen) atoms. The molecule has 4 aromatic rings. The standard InChI is InChI=1S/C26H15ClF7N3OS/c27-22-20(6-8-39-22)23-36-38-24(14-9-16(25(29,30)31)11-17(10-14)26(32,33)34)37(23)13-15-12-35-7-5-18(15)19-3-1-2-4-21(19)28/h1-12,24H,13H2. The average Bonchev–Trinajstić information content (AvgIpc) is 3.49. The molecule has 0 radical (unpaired) electrons. The number of thiophene rings is 1. The lowest BCUT2D eigenvalue weighted by Gasteiger charge is -2.27. The highest BCUT2D eigenvalue weighted by Gasteiger charge is 2.41. The summed E-state index contributed by atoms with van der Waals surface area (Å²) < 4.78 is 96.5. The van der Waals surface area contributed by atoms with Crippen molar-refractivity contribution in [2.75, 3.05) is 0 Å². The SMILES string of the molecule is Fc1ccccc1-c1ccncc1CN1C(c2ccsc2Cl)=NOC1c1cc(C(F)(F)F)cc(C(F)(F)F)c1. The van der Waals surface area contributed by atoms with E-state index in [1.807, 2.05) is 0 Å². The summed E-state index contributed by atoms with van der Waals surface area (Å²) in [4.78, 5) is 10.9. The smallest absolute Gasteiger partial charge is 0.363 e. The van der Waals surface area contributed by atoms with Crippen LogP contribution < -0.4 is 0 Å². The second kappa shape index (κ2) is 10.2. The van der Waals surface area contributed by atoms with Crippen molar-refractivity contribution in [2.24, 2.45) is 5.16 Å². The van der Waals surface area contributed by atoms with Gasteiger partial charge >= 0.3 is 12.4 Å². The van der Waals surface area contributed by atoms with E-state index >= 15 is 0 Å². The van der Waals surface area contributed by atoms with Crippen molar-refractivity contribution in [3.8, 4) is 11.1 Å². The first-order valence-corrected chi connectivity index (χ1v) is 12.4. The molecule has 0 amide bonds. The molecule has 0 saturated carbocycles. The van der Waals surface area contributed by atoms with Crippen molar-refractivity contribution in [3.05, 3.63) is 110 Å². The zero-order chi connectivity index (χ0) is 27.9. The lowest BCUT2D eigenvalue weighted by atomic mass is 9.99. The molecule has 2 aromatic heterocycles. The number of amidine groups is 1. The van der Waals surface area contributed by atoms with E-state index in [0.717, 1.165) is 11.3 Å². The molecular weight excluding hydrogens is 571 g/mol. The van der Waals surface area contributed by atoms with Crippen LogP contribution in [-0.4, -0.2) is 15.7 Å². The first-order valence-electron chi connectivity index (χ1n) is 11.1.